The van der Waals surface area contributed by atoms with E-state index in [-0.39, 0.29) is 16.0 Å². The van der Waals surface area contributed by atoms with Gasteiger partial charge < -0.3 is 0 Å². The van der Waals surface area contributed by atoms with Crippen LogP contribution in [0, 0.1) is 0 Å². The Bertz CT molecular complexity index is 623. The van der Waals surface area contributed by atoms with Crippen LogP contribution in [0.4, 0.5) is 0 Å². The summed E-state index contributed by atoms with van der Waals surface area (Å²) in [6.07, 6.45) is 3.99. The average Bonchev–Trinajstić information content (AvgIpc) is 2.53. The number of hydrogen-bond acceptors (Lipinski definition) is 1. The molecule has 0 N–H and O–H groups in total. The first-order valence-electron chi connectivity index (χ1n) is 5.84. The van der Waals surface area contributed by atoms with Gasteiger partial charge in [-0.3, -0.25) is 4.79 Å². The van der Waals surface area contributed by atoms with Crippen LogP contribution in [0.1, 0.15) is 25.0 Å². The molecule has 0 spiro atoms. The lowest BCUT2D eigenvalue weighted by atomic mass is 9.78. The number of benzene rings is 1. The number of alkyl halides is 1. The van der Waals surface area contributed by atoms with Crippen molar-refractivity contribution in [3.05, 3.63) is 51.5 Å². The van der Waals surface area contributed by atoms with Crippen LogP contribution < -0.4 is 0 Å². The van der Waals surface area contributed by atoms with Crippen molar-refractivity contribution in [1.82, 2.24) is 0 Å². The van der Waals surface area contributed by atoms with Crippen LogP contribution in [0.5, 0.6) is 0 Å². The van der Waals surface area contributed by atoms with Crippen LogP contribution >= 0.6 is 31.9 Å². The molecule has 3 heteroatoms. The fourth-order valence-electron chi connectivity index (χ4n) is 2.89. The van der Waals surface area contributed by atoms with E-state index < -0.39 is 0 Å². The Morgan fingerprint density at radius 1 is 1.28 bits per heavy atom. The maximum absolute atomic E-state index is 12.4. The van der Waals surface area contributed by atoms with E-state index in [1.54, 1.807) is 0 Å². The van der Waals surface area contributed by atoms with Crippen LogP contribution in [0.2, 0.25) is 0 Å². The summed E-state index contributed by atoms with van der Waals surface area (Å²) >= 11 is 6.93. The van der Waals surface area contributed by atoms with Crippen molar-refractivity contribution in [1.29, 1.82) is 0 Å². The van der Waals surface area contributed by atoms with Gasteiger partial charge in [-0.2, -0.15) is 0 Å². The third-order valence-corrected chi connectivity index (χ3v) is 4.98. The topological polar surface area (TPSA) is 17.1 Å². The number of allylic oxidation sites excluding steroid dienone is 4. The van der Waals surface area contributed by atoms with Gasteiger partial charge in [-0.05, 0) is 28.8 Å². The molecule has 2 aliphatic carbocycles. The predicted octanol–water partition coefficient (Wildman–Crippen LogP) is 4.40. The minimum absolute atomic E-state index is 0.185. The number of hydrogen-bond donors (Lipinski definition) is 0. The van der Waals surface area contributed by atoms with Crippen molar-refractivity contribution >= 4 is 43.2 Å². The molecule has 1 aromatic rings. The van der Waals surface area contributed by atoms with Crippen LogP contribution in [-0.4, -0.2) is 10.6 Å². The standard InChI is InChI=1S/C15H12Br2O/c1-15(2)11-7-8(16)3-4-9(11)10-5-6-12(17)14(18)13(10)15/h3-7,12H,1-2H3. The second kappa shape index (κ2) is 3.91. The Balaban J connectivity index is 2.30. The van der Waals surface area contributed by atoms with Crippen molar-refractivity contribution in [2.75, 3.05) is 0 Å². The zero-order chi connectivity index (χ0) is 13.1. The number of carbonyl (C=O) groups excluding carboxylic acids is 1. The Hall–Kier alpha value is -0.670. The smallest absolute Gasteiger partial charge is 0.177 e. The summed E-state index contributed by atoms with van der Waals surface area (Å²) in [5.74, 6) is 0.185. The van der Waals surface area contributed by atoms with E-state index in [4.69, 9.17) is 0 Å². The summed E-state index contributed by atoms with van der Waals surface area (Å²) in [4.78, 5) is 12.2. The summed E-state index contributed by atoms with van der Waals surface area (Å²) in [5, 5.41) is 0. The minimum Gasteiger partial charge on any atom is -0.293 e. The van der Waals surface area contributed by atoms with E-state index in [9.17, 15) is 4.79 Å². The van der Waals surface area contributed by atoms with Gasteiger partial charge in [0.1, 0.15) is 0 Å². The fourth-order valence-corrected chi connectivity index (χ4v) is 3.64. The number of carbonyl (C=O) groups is 1. The summed E-state index contributed by atoms with van der Waals surface area (Å²) in [6, 6.07) is 6.25. The number of rotatable bonds is 0. The molecule has 1 nitrogen and oxygen atoms in total. The molecule has 3 rings (SSSR count). The average molecular weight is 368 g/mol. The van der Waals surface area contributed by atoms with Gasteiger partial charge in [-0.25, -0.2) is 0 Å². The van der Waals surface area contributed by atoms with Crippen molar-refractivity contribution in [3.8, 4) is 0 Å². The molecule has 1 atom stereocenters. The number of fused-ring (bicyclic) bond motifs is 2. The Labute approximate surface area is 123 Å². The molecule has 1 aromatic carbocycles. The van der Waals surface area contributed by atoms with Gasteiger partial charge in [0.05, 0.1) is 4.83 Å². The summed E-state index contributed by atoms with van der Waals surface area (Å²) in [6.45, 7) is 4.24. The molecule has 0 fully saturated rings. The first-order chi connectivity index (χ1) is 8.43. The van der Waals surface area contributed by atoms with E-state index in [2.05, 4.69) is 63.9 Å². The van der Waals surface area contributed by atoms with Gasteiger partial charge in [-0.1, -0.05) is 63.9 Å². The highest BCUT2D eigenvalue weighted by atomic mass is 79.9. The highest BCUT2D eigenvalue weighted by Crippen LogP contribution is 2.49. The predicted molar refractivity (Wildman–Crippen MR) is 81.0 cm³/mol. The summed E-state index contributed by atoms with van der Waals surface area (Å²) < 4.78 is 1.06. The molecular weight excluding hydrogens is 356 g/mol. The van der Waals surface area contributed by atoms with Gasteiger partial charge in [0.25, 0.3) is 0 Å². The van der Waals surface area contributed by atoms with E-state index in [1.165, 1.54) is 11.1 Å². The third-order valence-electron chi connectivity index (χ3n) is 3.77. The first kappa shape index (κ1) is 12.4. The second-order valence-electron chi connectivity index (χ2n) is 5.23. The number of halogens is 2. The molecule has 92 valence electrons. The van der Waals surface area contributed by atoms with Crippen LogP contribution in [-0.2, 0) is 10.2 Å². The molecule has 0 aromatic heterocycles. The maximum atomic E-state index is 12.4. The van der Waals surface area contributed by atoms with Gasteiger partial charge in [0.2, 0.25) is 0 Å². The molecule has 0 aliphatic heterocycles. The lowest BCUT2D eigenvalue weighted by Crippen LogP contribution is -2.28. The van der Waals surface area contributed by atoms with Gasteiger partial charge >= 0.3 is 0 Å². The molecule has 0 heterocycles. The first-order valence-corrected chi connectivity index (χ1v) is 7.55. The number of Topliss-reactive ketones (excluding diaryl/α,β-unsaturated/α-hetero) is 1. The number of ketones is 1. The van der Waals surface area contributed by atoms with Gasteiger partial charge in [0, 0.05) is 15.5 Å². The van der Waals surface area contributed by atoms with Crippen LogP contribution in [0.3, 0.4) is 0 Å². The zero-order valence-electron chi connectivity index (χ0n) is 10.1. The highest BCUT2D eigenvalue weighted by Gasteiger charge is 2.43. The van der Waals surface area contributed by atoms with Crippen molar-refractivity contribution in [2.24, 2.45) is 0 Å². The molecule has 0 bridgehead atoms. The van der Waals surface area contributed by atoms with Crippen molar-refractivity contribution in [2.45, 2.75) is 24.1 Å². The second-order valence-corrected chi connectivity index (χ2v) is 7.13. The molecular formula is C15H12Br2O. The Morgan fingerprint density at radius 3 is 2.72 bits per heavy atom. The SMILES string of the molecule is CC1(C)C2=C(C=CC(Br)C2=O)c2ccc(Br)cc21. The van der Waals surface area contributed by atoms with E-state index in [0.29, 0.717) is 0 Å². The quantitative estimate of drug-likeness (QED) is 0.621. The zero-order valence-corrected chi connectivity index (χ0v) is 13.3. The van der Waals surface area contributed by atoms with E-state index in [0.717, 1.165) is 15.6 Å². The summed E-state index contributed by atoms with van der Waals surface area (Å²) in [5.41, 5.74) is 4.20. The highest BCUT2D eigenvalue weighted by molar-refractivity contribution is 9.10. The lowest BCUT2D eigenvalue weighted by Gasteiger charge is -2.25. The molecule has 0 saturated carbocycles. The van der Waals surface area contributed by atoms with Crippen molar-refractivity contribution < 1.29 is 4.79 Å². The van der Waals surface area contributed by atoms with Crippen LogP contribution in [0.25, 0.3) is 5.57 Å². The fraction of sp³-hybridized carbons (Fsp3) is 0.267. The largest absolute Gasteiger partial charge is 0.293 e. The monoisotopic (exact) mass is 366 g/mol. The van der Waals surface area contributed by atoms with Crippen LogP contribution in [0.15, 0.2) is 40.4 Å². The maximum Gasteiger partial charge on any atom is 0.177 e. The molecule has 18 heavy (non-hydrogen) atoms. The Morgan fingerprint density at radius 2 is 2.00 bits per heavy atom. The molecule has 0 radical (unpaired) electrons. The lowest BCUT2D eigenvalue weighted by molar-refractivity contribution is -0.114. The Kier molecular flexibility index (Phi) is 2.69. The molecule has 1 unspecified atom stereocenters. The van der Waals surface area contributed by atoms with E-state index >= 15 is 0 Å². The molecule has 0 amide bonds. The normalized spacial score (nSPS) is 24.2. The minimum atomic E-state index is -0.220. The summed E-state index contributed by atoms with van der Waals surface area (Å²) in [7, 11) is 0. The third kappa shape index (κ3) is 1.53. The van der Waals surface area contributed by atoms with E-state index in [1.807, 2.05) is 12.1 Å². The van der Waals surface area contributed by atoms with Crippen molar-refractivity contribution in [3.63, 3.8) is 0 Å². The van der Waals surface area contributed by atoms with Gasteiger partial charge in [0.15, 0.2) is 5.78 Å². The molecule has 0 saturated heterocycles. The van der Waals surface area contributed by atoms with Gasteiger partial charge in [-0.15, -0.1) is 0 Å². The molecule has 2 aliphatic rings.